The van der Waals surface area contributed by atoms with Gasteiger partial charge in [-0.2, -0.15) is 0 Å². The summed E-state index contributed by atoms with van der Waals surface area (Å²) in [5.41, 5.74) is 3.67. The van der Waals surface area contributed by atoms with E-state index < -0.39 is 0 Å². The highest BCUT2D eigenvalue weighted by Crippen LogP contribution is 2.16. The molecule has 30 heavy (non-hydrogen) atoms. The van der Waals surface area contributed by atoms with Gasteiger partial charge in [-0.1, -0.05) is 48.0 Å². The van der Waals surface area contributed by atoms with Crippen molar-refractivity contribution < 1.29 is 4.79 Å². The van der Waals surface area contributed by atoms with E-state index in [0.29, 0.717) is 23.6 Å². The summed E-state index contributed by atoms with van der Waals surface area (Å²) >= 11 is 5.98. The van der Waals surface area contributed by atoms with Crippen LogP contribution in [0.3, 0.4) is 0 Å². The Bertz CT molecular complexity index is 1270. The molecule has 0 saturated carbocycles. The van der Waals surface area contributed by atoms with Gasteiger partial charge < -0.3 is 14.5 Å². The smallest absolute Gasteiger partial charge is 0.275 e. The van der Waals surface area contributed by atoms with E-state index >= 15 is 0 Å². The van der Waals surface area contributed by atoms with Gasteiger partial charge >= 0.3 is 0 Å². The third-order valence-electron chi connectivity index (χ3n) is 5.19. The molecule has 0 radical (unpaired) electrons. The average molecular weight is 420 g/mol. The van der Waals surface area contributed by atoms with Crippen LogP contribution < -0.4 is 10.9 Å². The van der Waals surface area contributed by atoms with E-state index in [-0.39, 0.29) is 18.0 Å². The maximum Gasteiger partial charge on any atom is 0.275 e. The molecule has 1 N–H and O–H groups in total. The third-order valence-corrected chi connectivity index (χ3v) is 5.42. The van der Waals surface area contributed by atoms with Gasteiger partial charge in [0.1, 0.15) is 12.1 Å². The van der Waals surface area contributed by atoms with Gasteiger partial charge in [-0.25, -0.2) is 0 Å². The highest BCUT2D eigenvalue weighted by molar-refractivity contribution is 6.30. The summed E-state index contributed by atoms with van der Waals surface area (Å²) in [4.78, 5) is 25.5. The van der Waals surface area contributed by atoms with E-state index in [0.717, 1.165) is 16.5 Å². The summed E-state index contributed by atoms with van der Waals surface area (Å²) in [7, 11) is 0. The number of halogens is 1. The maximum absolute atomic E-state index is 13.1. The lowest BCUT2D eigenvalue weighted by molar-refractivity contribution is -0.121. The van der Waals surface area contributed by atoms with Crippen LogP contribution in [0.5, 0.6) is 0 Å². The molecule has 6 heteroatoms. The zero-order valence-electron chi connectivity index (χ0n) is 16.6. The average Bonchev–Trinajstić information content (AvgIpc) is 3.14. The molecule has 0 saturated heterocycles. The second-order valence-electron chi connectivity index (χ2n) is 7.33. The molecule has 2 heterocycles. The van der Waals surface area contributed by atoms with Crippen LogP contribution in [-0.4, -0.2) is 15.0 Å². The number of aromatic nitrogens is 2. The maximum atomic E-state index is 13.1. The van der Waals surface area contributed by atoms with Gasteiger partial charge in [0.05, 0.1) is 0 Å². The first-order valence-corrected chi connectivity index (χ1v) is 10.1. The zero-order chi connectivity index (χ0) is 21.1. The molecule has 0 aliphatic rings. The highest BCUT2D eigenvalue weighted by atomic mass is 35.5. The second-order valence-corrected chi connectivity index (χ2v) is 7.77. The van der Waals surface area contributed by atoms with Gasteiger partial charge in [-0.05, 0) is 47.9 Å². The molecular formula is C24H22ClN3O2. The van der Waals surface area contributed by atoms with Crippen molar-refractivity contribution in [3.63, 3.8) is 0 Å². The van der Waals surface area contributed by atoms with E-state index in [1.807, 2.05) is 47.2 Å². The Balaban J connectivity index is 1.53. The highest BCUT2D eigenvalue weighted by Gasteiger charge is 2.12. The number of fused-ring (bicyclic) bond motifs is 1. The van der Waals surface area contributed by atoms with Gasteiger partial charge in [0.2, 0.25) is 5.91 Å². The van der Waals surface area contributed by atoms with Crippen molar-refractivity contribution in [2.75, 3.05) is 0 Å². The normalized spacial score (nSPS) is 11.0. The van der Waals surface area contributed by atoms with Crippen molar-refractivity contribution >= 4 is 28.4 Å². The summed E-state index contributed by atoms with van der Waals surface area (Å²) in [5, 5.41) is 4.33. The summed E-state index contributed by atoms with van der Waals surface area (Å²) in [5.74, 6) is -0.228. The number of hydrogen-bond donors (Lipinski definition) is 1. The van der Waals surface area contributed by atoms with Crippen molar-refractivity contribution in [2.45, 2.75) is 26.6 Å². The number of rotatable bonds is 6. The van der Waals surface area contributed by atoms with Crippen LogP contribution in [-0.2, 0) is 24.4 Å². The molecule has 0 bridgehead atoms. The van der Waals surface area contributed by atoms with Crippen molar-refractivity contribution in [3.05, 3.63) is 105 Å². The molecule has 5 nitrogen and oxygen atoms in total. The molecule has 0 unspecified atom stereocenters. The quantitative estimate of drug-likeness (QED) is 0.511. The number of aryl methyl sites for hydroxylation is 1. The summed E-state index contributed by atoms with van der Waals surface area (Å²) in [6.07, 6.45) is 3.59. The van der Waals surface area contributed by atoms with E-state index in [9.17, 15) is 9.59 Å². The molecule has 152 valence electrons. The van der Waals surface area contributed by atoms with Gasteiger partial charge in [0.25, 0.3) is 5.56 Å². The van der Waals surface area contributed by atoms with Crippen molar-refractivity contribution in [2.24, 2.45) is 0 Å². The number of benzene rings is 2. The molecule has 0 spiro atoms. The Labute approximate surface area is 179 Å². The topological polar surface area (TPSA) is 56.0 Å². The predicted molar refractivity (Wildman–Crippen MR) is 120 cm³/mol. The Morgan fingerprint density at radius 1 is 1.00 bits per heavy atom. The number of amides is 1. The fourth-order valence-electron chi connectivity index (χ4n) is 3.53. The van der Waals surface area contributed by atoms with Crippen molar-refractivity contribution in [3.8, 4) is 0 Å². The second kappa shape index (κ2) is 8.59. The number of pyridine rings is 1. The standard InChI is InChI=1S/C24H22ClN3O2/c1-17-5-2-3-7-20(17)15-27-11-9-19-10-12-28(24(30)23(19)27)16-22(29)26-14-18-6-4-8-21(25)13-18/h2-13H,14-16H2,1H3,(H,26,29). The van der Waals surface area contributed by atoms with Crippen LogP contribution >= 0.6 is 11.6 Å². The van der Waals surface area contributed by atoms with Gasteiger partial charge in [-0.15, -0.1) is 0 Å². The molecule has 2 aromatic heterocycles. The van der Waals surface area contributed by atoms with E-state index in [1.165, 1.54) is 10.1 Å². The van der Waals surface area contributed by atoms with Crippen LogP contribution in [0.25, 0.3) is 10.9 Å². The third kappa shape index (κ3) is 4.31. The first-order valence-electron chi connectivity index (χ1n) is 9.75. The van der Waals surface area contributed by atoms with E-state index in [2.05, 4.69) is 24.4 Å². The first-order chi connectivity index (χ1) is 14.5. The largest absolute Gasteiger partial charge is 0.350 e. The van der Waals surface area contributed by atoms with Crippen LogP contribution in [0.2, 0.25) is 5.02 Å². The molecule has 0 atom stereocenters. The van der Waals surface area contributed by atoms with Gasteiger partial charge in [-0.3, -0.25) is 9.59 Å². The number of hydrogen-bond acceptors (Lipinski definition) is 2. The number of carbonyl (C=O) groups excluding carboxylic acids is 1. The van der Waals surface area contributed by atoms with Crippen LogP contribution in [0, 0.1) is 6.92 Å². The minimum Gasteiger partial charge on any atom is -0.350 e. The number of carbonyl (C=O) groups is 1. The summed E-state index contributed by atoms with van der Waals surface area (Å²) in [6, 6.07) is 19.2. The summed E-state index contributed by atoms with van der Waals surface area (Å²) < 4.78 is 3.39. The summed E-state index contributed by atoms with van der Waals surface area (Å²) in [6.45, 7) is 2.99. The molecule has 0 fully saturated rings. The van der Waals surface area contributed by atoms with E-state index in [1.54, 1.807) is 18.3 Å². The van der Waals surface area contributed by atoms with Gasteiger partial charge in [0, 0.05) is 35.9 Å². The SMILES string of the molecule is Cc1ccccc1Cn1ccc2ccn(CC(=O)NCc3cccc(Cl)c3)c(=O)c21. The Morgan fingerprint density at radius 2 is 1.77 bits per heavy atom. The predicted octanol–water partition coefficient (Wildman–Crippen LogP) is 4.13. The van der Waals surface area contributed by atoms with Crippen molar-refractivity contribution in [1.82, 2.24) is 14.5 Å². The van der Waals surface area contributed by atoms with Crippen LogP contribution in [0.4, 0.5) is 0 Å². The first kappa shape index (κ1) is 20.0. The van der Waals surface area contributed by atoms with Crippen LogP contribution in [0.15, 0.2) is 77.9 Å². The molecule has 4 rings (SSSR count). The lowest BCUT2D eigenvalue weighted by Gasteiger charge is -2.11. The van der Waals surface area contributed by atoms with Crippen molar-refractivity contribution in [1.29, 1.82) is 0 Å². The lowest BCUT2D eigenvalue weighted by Crippen LogP contribution is -2.32. The minimum atomic E-state index is -0.228. The Kier molecular flexibility index (Phi) is 5.72. The fourth-order valence-corrected chi connectivity index (χ4v) is 3.74. The molecule has 0 aliphatic heterocycles. The lowest BCUT2D eigenvalue weighted by atomic mass is 10.1. The zero-order valence-corrected chi connectivity index (χ0v) is 17.4. The van der Waals surface area contributed by atoms with Crippen LogP contribution in [0.1, 0.15) is 16.7 Å². The molecular weight excluding hydrogens is 398 g/mol. The van der Waals surface area contributed by atoms with Gasteiger partial charge in [0.15, 0.2) is 0 Å². The Morgan fingerprint density at radius 3 is 2.53 bits per heavy atom. The fraction of sp³-hybridized carbons (Fsp3) is 0.167. The molecule has 4 aromatic rings. The molecule has 1 amide bonds. The Hall–Kier alpha value is -3.31. The molecule has 2 aromatic carbocycles. The minimum absolute atomic E-state index is 0.0368. The monoisotopic (exact) mass is 419 g/mol. The number of nitrogens with zero attached hydrogens (tertiary/aromatic N) is 2. The van der Waals surface area contributed by atoms with E-state index in [4.69, 9.17) is 11.6 Å². The molecule has 0 aliphatic carbocycles. The number of nitrogens with one attached hydrogen (secondary N) is 1.